The molecule has 25 heavy (non-hydrogen) atoms. The first-order valence-electron chi connectivity index (χ1n) is 7.93. The monoisotopic (exact) mass is 374 g/mol. The molecule has 0 atom stereocenters. The van der Waals surface area contributed by atoms with Crippen LogP contribution in [0.2, 0.25) is 0 Å². The van der Waals surface area contributed by atoms with E-state index in [-0.39, 0.29) is 50.4 Å². The number of fused-ring (bicyclic) bond motifs is 1. The summed E-state index contributed by atoms with van der Waals surface area (Å²) in [4.78, 5) is 22.5. The van der Waals surface area contributed by atoms with Gasteiger partial charge in [0.25, 0.3) is 0 Å². The topological polar surface area (TPSA) is 52.6 Å². The molecule has 142 valence electrons. The molecule has 4 rings (SSSR count). The molecule has 0 aliphatic heterocycles. The van der Waals surface area contributed by atoms with Crippen molar-refractivity contribution < 1.29 is 45.4 Å². The molecule has 10 heteroatoms. The summed E-state index contributed by atoms with van der Waals surface area (Å²) in [5, 5.41) is 0. The number of alkyl halides is 6. The van der Waals surface area contributed by atoms with Crippen LogP contribution in [0.5, 0.6) is 0 Å². The van der Waals surface area contributed by atoms with Crippen LogP contribution in [-0.4, -0.2) is 35.5 Å². The van der Waals surface area contributed by atoms with E-state index < -0.39 is 35.5 Å². The summed E-state index contributed by atoms with van der Waals surface area (Å²) in [6, 6.07) is 0. The normalized spacial score (nSPS) is 37.5. The van der Waals surface area contributed by atoms with Gasteiger partial charge in [-0.1, -0.05) is 0 Å². The maximum Gasteiger partial charge on any atom is 0.490 e. The summed E-state index contributed by atoms with van der Waals surface area (Å²) < 4.78 is 84.8. The Hall–Kier alpha value is -1.48. The van der Waals surface area contributed by atoms with Crippen molar-refractivity contribution in [3.8, 4) is 0 Å². The molecule has 4 saturated carbocycles. The number of halogens is 6. The minimum atomic E-state index is -5.13. The molecule has 4 fully saturated rings. The molecule has 4 nitrogen and oxygen atoms in total. The molecule has 0 N–H and O–H groups in total. The number of carbonyl (C=O) groups is 2. The highest BCUT2D eigenvalue weighted by atomic mass is 19.4. The van der Waals surface area contributed by atoms with Gasteiger partial charge in [0.05, 0.1) is 0 Å². The molecular weight excluding hydrogens is 358 g/mol. The van der Waals surface area contributed by atoms with Gasteiger partial charge < -0.3 is 9.47 Å². The van der Waals surface area contributed by atoms with Crippen molar-refractivity contribution in [2.75, 3.05) is 0 Å². The van der Waals surface area contributed by atoms with Gasteiger partial charge >= 0.3 is 24.3 Å². The first kappa shape index (κ1) is 18.3. The first-order chi connectivity index (χ1) is 11.3. The molecule has 0 aromatic heterocycles. The summed E-state index contributed by atoms with van der Waals surface area (Å²) in [5.74, 6) is -5.05. The van der Waals surface area contributed by atoms with Crippen LogP contribution in [0, 0.1) is 11.8 Å². The van der Waals surface area contributed by atoms with Crippen LogP contribution in [0.25, 0.3) is 0 Å². The number of hydrogen-bond acceptors (Lipinski definition) is 4. The van der Waals surface area contributed by atoms with Gasteiger partial charge in [0.15, 0.2) is 0 Å². The van der Waals surface area contributed by atoms with E-state index in [0.717, 1.165) is 0 Å². The lowest BCUT2D eigenvalue weighted by Crippen LogP contribution is -2.48. The Labute approximate surface area is 138 Å². The summed E-state index contributed by atoms with van der Waals surface area (Å²) in [5.41, 5.74) is -2.69. The van der Waals surface area contributed by atoms with Crippen LogP contribution in [0.1, 0.15) is 44.9 Å². The molecule has 0 saturated heterocycles. The van der Waals surface area contributed by atoms with E-state index in [1.165, 1.54) is 0 Å². The molecule has 0 unspecified atom stereocenters. The van der Waals surface area contributed by atoms with Crippen LogP contribution in [-0.2, 0) is 19.1 Å². The third kappa shape index (κ3) is 3.57. The third-order valence-electron chi connectivity index (χ3n) is 5.43. The van der Waals surface area contributed by atoms with Crippen molar-refractivity contribution in [2.24, 2.45) is 11.8 Å². The van der Waals surface area contributed by atoms with E-state index in [1.54, 1.807) is 0 Å². The van der Waals surface area contributed by atoms with Gasteiger partial charge in [0.1, 0.15) is 11.2 Å². The minimum absolute atomic E-state index is 0.0487. The lowest BCUT2D eigenvalue weighted by Gasteiger charge is -2.47. The summed E-state index contributed by atoms with van der Waals surface area (Å²) in [7, 11) is 0. The number of rotatable bonds is 2. The molecule has 0 aromatic carbocycles. The van der Waals surface area contributed by atoms with Crippen molar-refractivity contribution in [1.82, 2.24) is 0 Å². The molecule has 0 amide bonds. The molecule has 4 aliphatic carbocycles. The van der Waals surface area contributed by atoms with Crippen molar-refractivity contribution in [2.45, 2.75) is 68.5 Å². The van der Waals surface area contributed by atoms with Gasteiger partial charge in [-0.2, -0.15) is 26.3 Å². The summed E-state index contributed by atoms with van der Waals surface area (Å²) in [6.45, 7) is 0. The molecule has 4 aliphatic rings. The predicted molar refractivity (Wildman–Crippen MR) is 69.1 cm³/mol. The van der Waals surface area contributed by atoms with Crippen LogP contribution in [0.4, 0.5) is 26.3 Å². The number of ether oxygens (including phenoxy) is 2. The van der Waals surface area contributed by atoms with Crippen molar-refractivity contribution in [3.05, 3.63) is 0 Å². The maximum atomic E-state index is 12.5. The van der Waals surface area contributed by atoms with Crippen molar-refractivity contribution in [1.29, 1.82) is 0 Å². The highest BCUT2D eigenvalue weighted by molar-refractivity contribution is 5.76. The van der Waals surface area contributed by atoms with Crippen molar-refractivity contribution >= 4 is 11.9 Å². The van der Waals surface area contributed by atoms with Gasteiger partial charge in [-0.3, -0.25) is 0 Å². The Bertz CT molecular complexity index is 520. The Morgan fingerprint density at radius 3 is 1.32 bits per heavy atom. The Morgan fingerprint density at radius 1 is 0.720 bits per heavy atom. The maximum absolute atomic E-state index is 12.5. The smallest absolute Gasteiger partial charge is 0.452 e. The van der Waals surface area contributed by atoms with E-state index in [1.807, 2.05) is 0 Å². The van der Waals surface area contributed by atoms with E-state index >= 15 is 0 Å². The van der Waals surface area contributed by atoms with Crippen LogP contribution < -0.4 is 0 Å². The first-order valence-corrected chi connectivity index (χ1v) is 7.93. The minimum Gasteiger partial charge on any atom is -0.452 e. The SMILES string of the molecule is O=C(OC12CCC3(OC(=O)C(F)(F)F)CC(CC(C1)C3)C2)C(F)(F)F. The zero-order valence-electron chi connectivity index (χ0n) is 13.0. The Kier molecular flexibility index (Phi) is 4.03. The van der Waals surface area contributed by atoms with Gasteiger partial charge in [-0.05, 0) is 56.8 Å². The highest BCUT2D eigenvalue weighted by Crippen LogP contribution is 2.57. The van der Waals surface area contributed by atoms with E-state index in [0.29, 0.717) is 6.42 Å². The molecule has 4 bridgehead atoms. The third-order valence-corrected chi connectivity index (χ3v) is 5.43. The average Bonchev–Trinajstić information content (AvgIpc) is 2.58. The lowest BCUT2D eigenvalue weighted by molar-refractivity contribution is -0.222. The molecule has 0 spiro atoms. The van der Waals surface area contributed by atoms with Gasteiger partial charge in [0, 0.05) is 0 Å². The number of carbonyl (C=O) groups excluding carboxylic acids is 2. The lowest BCUT2D eigenvalue weighted by atomic mass is 9.65. The average molecular weight is 374 g/mol. The van der Waals surface area contributed by atoms with Gasteiger partial charge in [-0.25, -0.2) is 9.59 Å². The van der Waals surface area contributed by atoms with Crippen molar-refractivity contribution in [3.63, 3.8) is 0 Å². The van der Waals surface area contributed by atoms with E-state index in [9.17, 15) is 35.9 Å². The fourth-order valence-corrected chi connectivity index (χ4v) is 4.86. The molecular formula is C15H16F6O4. The second kappa shape index (κ2) is 5.51. The van der Waals surface area contributed by atoms with E-state index in [4.69, 9.17) is 9.47 Å². The molecule has 0 aromatic rings. The zero-order valence-corrected chi connectivity index (χ0v) is 13.0. The standard InChI is InChI=1S/C15H16F6O4/c16-14(17,18)10(22)24-12-1-2-13(25-11(23)15(19,20)21)6-8(4-12)3-9(5-12)7-13/h8-9H,1-7H2. The fourth-order valence-electron chi connectivity index (χ4n) is 4.86. The second-order valence-corrected chi connectivity index (χ2v) is 7.42. The Morgan fingerprint density at radius 2 is 1.04 bits per heavy atom. The van der Waals surface area contributed by atoms with Gasteiger partial charge in [-0.15, -0.1) is 0 Å². The quantitative estimate of drug-likeness (QED) is 0.547. The molecule has 0 radical (unpaired) electrons. The summed E-state index contributed by atoms with van der Waals surface area (Å²) in [6.07, 6.45) is -9.13. The largest absolute Gasteiger partial charge is 0.490 e. The fraction of sp³-hybridized carbons (Fsp3) is 0.867. The second-order valence-electron chi connectivity index (χ2n) is 7.42. The highest BCUT2D eigenvalue weighted by Gasteiger charge is 2.59. The van der Waals surface area contributed by atoms with Gasteiger partial charge in [0.2, 0.25) is 0 Å². The predicted octanol–water partition coefficient (Wildman–Crippen LogP) is 3.68. The van der Waals surface area contributed by atoms with Crippen LogP contribution >= 0.6 is 0 Å². The Balaban J connectivity index is 1.81. The zero-order chi connectivity index (χ0) is 18.7. The summed E-state index contributed by atoms with van der Waals surface area (Å²) >= 11 is 0. The number of hydrogen-bond donors (Lipinski definition) is 0. The van der Waals surface area contributed by atoms with Crippen LogP contribution in [0.15, 0.2) is 0 Å². The van der Waals surface area contributed by atoms with Crippen LogP contribution in [0.3, 0.4) is 0 Å². The number of esters is 2. The van der Waals surface area contributed by atoms with E-state index in [2.05, 4.69) is 0 Å². The molecule has 0 heterocycles.